The van der Waals surface area contributed by atoms with Crippen LogP contribution in [0.25, 0.3) is 22.2 Å². The lowest BCUT2D eigenvalue weighted by atomic mass is 10.0. The van der Waals surface area contributed by atoms with Crippen molar-refractivity contribution in [2.75, 3.05) is 21.0 Å². The second kappa shape index (κ2) is 8.74. The minimum atomic E-state index is -0.00987. The highest BCUT2D eigenvalue weighted by Gasteiger charge is 2.34. The van der Waals surface area contributed by atoms with Gasteiger partial charge in [0.1, 0.15) is 16.4 Å². The lowest BCUT2D eigenvalue weighted by molar-refractivity contribution is 0.0735. The number of carbonyl (C=O) groups is 1. The number of benzene rings is 2. The highest BCUT2D eigenvalue weighted by Crippen LogP contribution is 2.41. The van der Waals surface area contributed by atoms with E-state index >= 15 is 0 Å². The summed E-state index contributed by atoms with van der Waals surface area (Å²) in [4.78, 5) is 25.1. The van der Waals surface area contributed by atoms with E-state index in [-0.39, 0.29) is 18.7 Å². The highest BCUT2D eigenvalue weighted by atomic mass is 32.1. The van der Waals surface area contributed by atoms with Gasteiger partial charge in [-0.1, -0.05) is 0 Å². The van der Waals surface area contributed by atoms with Crippen LogP contribution >= 0.6 is 11.3 Å². The van der Waals surface area contributed by atoms with Gasteiger partial charge in [0.05, 0.1) is 37.1 Å². The fraction of sp³-hybridized carbons (Fsp3) is 0.269. The molecule has 9 heteroatoms. The van der Waals surface area contributed by atoms with E-state index in [0.29, 0.717) is 34.4 Å². The summed E-state index contributed by atoms with van der Waals surface area (Å²) in [5.74, 6) is 2.72. The predicted octanol–water partition coefficient (Wildman–Crippen LogP) is 4.91. The van der Waals surface area contributed by atoms with Crippen LogP contribution in [0.2, 0.25) is 0 Å². The van der Waals surface area contributed by atoms with Crippen LogP contribution < -0.4 is 18.9 Å². The zero-order valence-corrected chi connectivity index (χ0v) is 20.1. The molecule has 2 aromatic heterocycles. The van der Waals surface area contributed by atoms with E-state index in [4.69, 9.17) is 23.9 Å². The summed E-state index contributed by atoms with van der Waals surface area (Å²) in [6, 6.07) is 11.7. The fourth-order valence-electron chi connectivity index (χ4n) is 4.36. The van der Waals surface area contributed by atoms with Crippen molar-refractivity contribution >= 4 is 28.1 Å². The molecule has 2 aliphatic rings. The Labute approximate surface area is 206 Å². The first kappa shape index (κ1) is 21.7. The molecule has 1 amide bonds. The second-order valence-electron chi connectivity index (χ2n) is 8.49. The second-order valence-corrected chi connectivity index (χ2v) is 9.38. The molecule has 2 aromatic carbocycles. The molecule has 35 heavy (non-hydrogen) atoms. The van der Waals surface area contributed by atoms with Crippen LogP contribution in [0.5, 0.6) is 23.0 Å². The number of aromatic nitrogens is 2. The normalized spacial score (nSPS) is 14.2. The van der Waals surface area contributed by atoms with Crippen molar-refractivity contribution in [2.45, 2.75) is 25.4 Å². The Bertz CT molecular complexity index is 1420. The molecule has 4 aromatic rings. The zero-order valence-electron chi connectivity index (χ0n) is 19.3. The number of ether oxygens (including phenoxy) is 4. The van der Waals surface area contributed by atoms with E-state index in [2.05, 4.69) is 11.1 Å². The number of rotatable bonds is 7. The number of thiazole rings is 1. The maximum Gasteiger partial charge on any atom is 0.266 e. The molecule has 6 rings (SSSR count). The molecule has 1 fully saturated rings. The summed E-state index contributed by atoms with van der Waals surface area (Å²) in [6.45, 7) is 0.600. The van der Waals surface area contributed by atoms with Gasteiger partial charge < -0.3 is 23.8 Å². The van der Waals surface area contributed by atoms with Gasteiger partial charge in [-0.25, -0.2) is 4.98 Å². The Morgan fingerprint density at radius 2 is 1.94 bits per heavy atom. The van der Waals surface area contributed by atoms with Gasteiger partial charge in [-0.3, -0.25) is 9.78 Å². The Morgan fingerprint density at radius 1 is 1.11 bits per heavy atom. The summed E-state index contributed by atoms with van der Waals surface area (Å²) in [5, 5.41) is 0.913. The van der Waals surface area contributed by atoms with E-state index in [1.165, 1.54) is 11.3 Å². The molecule has 1 aliphatic carbocycles. The molecule has 3 heterocycles. The first-order valence-corrected chi connectivity index (χ1v) is 12.2. The molecular formula is C26H23N3O5S. The number of carbonyl (C=O) groups excluding carboxylic acids is 1. The molecule has 1 saturated carbocycles. The number of amides is 1. The van der Waals surface area contributed by atoms with E-state index < -0.39 is 0 Å². The first-order chi connectivity index (χ1) is 17.1. The summed E-state index contributed by atoms with van der Waals surface area (Å²) in [5.41, 5.74) is 4.89. The number of pyridine rings is 1. The minimum absolute atomic E-state index is 0.00987. The highest BCUT2D eigenvalue weighted by molar-refractivity contribution is 7.11. The molecule has 0 radical (unpaired) electrons. The van der Waals surface area contributed by atoms with Gasteiger partial charge in [0, 0.05) is 29.6 Å². The topological polar surface area (TPSA) is 83.0 Å². The molecule has 0 unspecified atom stereocenters. The van der Waals surface area contributed by atoms with Crippen LogP contribution in [0.4, 0.5) is 0 Å². The van der Waals surface area contributed by atoms with Crippen LogP contribution in [-0.4, -0.2) is 47.8 Å². The van der Waals surface area contributed by atoms with Gasteiger partial charge in [0.15, 0.2) is 11.5 Å². The monoisotopic (exact) mass is 489 g/mol. The SMILES string of the molecule is COc1ccc(OC)c(-c2nc3cc4c(cc3cc2CN(C(=O)c2cncs2)C2CC2)OCO4)c1. The lowest BCUT2D eigenvalue weighted by Crippen LogP contribution is -2.32. The third-order valence-electron chi connectivity index (χ3n) is 6.28. The predicted molar refractivity (Wildman–Crippen MR) is 131 cm³/mol. The first-order valence-electron chi connectivity index (χ1n) is 11.3. The summed E-state index contributed by atoms with van der Waals surface area (Å²) >= 11 is 1.36. The third kappa shape index (κ3) is 4.01. The summed E-state index contributed by atoms with van der Waals surface area (Å²) in [7, 11) is 3.26. The Morgan fingerprint density at radius 3 is 2.66 bits per heavy atom. The summed E-state index contributed by atoms with van der Waals surface area (Å²) < 4.78 is 22.3. The average molecular weight is 490 g/mol. The van der Waals surface area contributed by atoms with Crippen molar-refractivity contribution < 1.29 is 23.7 Å². The summed E-state index contributed by atoms with van der Waals surface area (Å²) in [6.07, 6.45) is 3.61. The van der Waals surface area contributed by atoms with E-state index in [9.17, 15) is 4.79 Å². The van der Waals surface area contributed by atoms with Crippen LogP contribution in [0, 0.1) is 0 Å². The number of methoxy groups -OCH3 is 2. The van der Waals surface area contributed by atoms with Crippen LogP contribution in [-0.2, 0) is 6.54 Å². The van der Waals surface area contributed by atoms with E-state index in [1.54, 1.807) is 25.9 Å². The zero-order chi connectivity index (χ0) is 23.9. The largest absolute Gasteiger partial charge is 0.497 e. The van der Waals surface area contributed by atoms with Crippen molar-refractivity contribution in [1.29, 1.82) is 0 Å². The number of hydrogen-bond acceptors (Lipinski definition) is 8. The molecule has 0 N–H and O–H groups in total. The molecule has 0 atom stereocenters. The third-order valence-corrected chi connectivity index (χ3v) is 7.04. The number of hydrogen-bond donors (Lipinski definition) is 0. The molecule has 0 bridgehead atoms. The van der Waals surface area contributed by atoms with Crippen molar-refractivity contribution in [3.8, 4) is 34.3 Å². The van der Waals surface area contributed by atoms with Crippen LogP contribution in [0.15, 0.2) is 48.1 Å². The van der Waals surface area contributed by atoms with Crippen LogP contribution in [0.3, 0.4) is 0 Å². The van der Waals surface area contributed by atoms with Crippen molar-refractivity contribution in [3.63, 3.8) is 0 Å². The van der Waals surface area contributed by atoms with Gasteiger partial charge in [0.2, 0.25) is 6.79 Å². The number of fused-ring (bicyclic) bond motifs is 2. The smallest absolute Gasteiger partial charge is 0.266 e. The molecule has 1 aliphatic heterocycles. The van der Waals surface area contributed by atoms with Gasteiger partial charge in [-0.05, 0) is 48.7 Å². The Kier molecular flexibility index (Phi) is 5.41. The minimum Gasteiger partial charge on any atom is -0.497 e. The molecule has 8 nitrogen and oxygen atoms in total. The maximum absolute atomic E-state index is 13.4. The van der Waals surface area contributed by atoms with Crippen molar-refractivity contribution in [3.05, 3.63) is 58.5 Å². The Balaban J connectivity index is 1.52. The average Bonchev–Trinajstić information content (AvgIpc) is 3.37. The lowest BCUT2D eigenvalue weighted by Gasteiger charge is -2.24. The van der Waals surface area contributed by atoms with Gasteiger partial charge in [0.25, 0.3) is 5.91 Å². The molecule has 0 saturated heterocycles. The fourth-order valence-corrected chi connectivity index (χ4v) is 4.94. The van der Waals surface area contributed by atoms with E-state index in [0.717, 1.165) is 40.6 Å². The number of nitrogens with zero attached hydrogens (tertiary/aromatic N) is 3. The quantitative estimate of drug-likeness (QED) is 0.365. The van der Waals surface area contributed by atoms with Crippen LogP contribution in [0.1, 0.15) is 28.1 Å². The van der Waals surface area contributed by atoms with Gasteiger partial charge in [-0.15, -0.1) is 11.3 Å². The van der Waals surface area contributed by atoms with Crippen molar-refractivity contribution in [2.24, 2.45) is 0 Å². The van der Waals surface area contributed by atoms with E-state index in [1.807, 2.05) is 35.2 Å². The standard InChI is InChI=1S/C26H23N3O5S/c1-31-18-5-6-21(32-2)19(9-18)25-16(7-15-8-22-23(34-14-33-22)10-20(15)28-25)12-29(17-3-4-17)26(30)24-11-27-13-35-24/h5-11,13,17H,3-4,12,14H2,1-2H3. The molecule has 178 valence electrons. The molecule has 0 spiro atoms. The van der Waals surface area contributed by atoms with Gasteiger partial charge in [-0.2, -0.15) is 0 Å². The Hall–Kier alpha value is -3.85. The van der Waals surface area contributed by atoms with Gasteiger partial charge >= 0.3 is 0 Å². The maximum atomic E-state index is 13.4. The van der Waals surface area contributed by atoms with Crippen molar-refractivity contribution in [1.82, 2.24) is 14.9 Å². The molecular weight excluding hydrogens is 466 g/mol.